The largest absolute Gasteiger partial charge is 0.332 e. The molecule has 0 heterocycles. The molecule has 2 aromatic rings. The molecule has 8 heteroatoms. The summed E-state index contributed by atoms with van der Waals surface area (Å²) in [5.41, 5.74) is 1.26. The quantitative estimate of drug-likeness (QED) is 0.536. The molecule has 4 saturated carbocycles. The monoisotopic (exact) mass is 483 g/mol. The van der Waals surface area contributed by atoms with Crippen molar-refractivity contribution in [3.8, 4) is 0 Å². The van der Waals surface area contributed by atoms with Gasteiger partial charge in [0.1, 0.15) is 0 Å². The number of nitrogens with one attached hydrogen (secondary N) is 3. The second-order valence-corrected chi connectivity index (χ2v) is 12.1. The van der Waals surface area contributed by atoms with Crippen molar-refractivity contribution in [2.24, 2.45) is 23.2 Å². The van der Waals surface area contributed by atoms with E-state index in [1.807, 2.05) is 30.3 Å². The standard InChI is InChI=1S/C25H29N3O3S2/c29-23(25-13-18-10-19(14-25)12-20(11-18)15-25)28-24(32)27-21-6-8-22(9-7-21)33(30,31)26-16-17-4-2-1-3-5-17/h1-9,18-20,26H,10-16H2,(H2,27,28,29,32). The van der Waals surface area contributed by atoms with Gasteiger partial charge < -0.3 is 10.6 Å². The molecule has 0 atom stereocenters. The van der Waals surface area contributed by atoms with Crippen LogP contribution in [0.3, 0.4) is 0 Å². The minimum Gasteiger partial charge on any atom is -0.332 e. The number of benzene rings is 2. The molecular weight excluding hydrogens is 454 g/mol. The van der Waals surface area contributed by atoms with Crippen LogP contribution in [-0.4, -0.2) is 19.4 Å². The van der Waals surface area contributed by atoms with Crippen LogP contribution in [0.5, 0.6) is 0 Å². The van der Waals surface area contributed by atoms with Gasteiger partial charge in [-0.25, -0.2) is 13.1 Å². The lowest BCUT2D eigenvalue weighted by atomic mass is 9.49. The first-order valence-corrected chi connectivity index (χ1v) is 13.5. The molecule has 1 amide bonds. The highest BCUT2D eigenvalue weighted by molar-refractivity contribution is 7.89. The third-order valence-electron chi connectivity index (χ3n) is 7.48. The summed E-state index contributed by atoms with van der Waals surface area (Å²) in [7, 11) is -3.63. The summed E-state index contributed by atoms with van der Waals surface area (Å²) in [4.78, 5) is 13.3. The van der Waals surface area contributed by atoms with Gasteiger partial charge in [-0.1, -0.05) is 30.3 Å². The molecule has 4 aliphatic rings. The van der Waals surface area contributed by atoms with Gasteiger partial charge in [-0.3, -0.25) is 4.79 Å². The number of amides is 1. The van der Waals surface area contributed by atoms with Gasteiger partial charge in [-0.15, -0.1) is 0 Å². The number of hydrogen-bond donors (Lipinski definition) is 3. The zero-order valence-electron chi connectivity index (χ0n) is 18.4. The van der Waals surface area contributed by atoms with Crippen LogP contribution in [0.15, 0.2) is 59.5 Å². The summed E-state index contributed by atoms with van der Waals surface area (Å²) >= 11 is 5.40. The Bertz CT molecular complexity index is 1110. The first kappa shape index (κ1) is 22.5. The van der Waals surface area contributed by atoms with E-state index in [1.165, 1.54) is 31.4 Å². The Morgan fingerprint density at radius 3 is 2.06 bits per heavy atom. The van der Waals surface area contributed by atoms with E-state index < -0.39 is 10.0 Å². The fourth-order valence-corrected chi connectivity index (χ4v) is 7.59. The smallest absolute Gasteiger partial charge is 0.240 e. The Labute approximate surface area is 200 Å². The third-order valence-corrected chi connectivity index (χ3v) is 9.10. The van der Waals surface area contributed by atoms with Gasteiger partial charge in [-0.05, 0) is 98.3 Å². The number of sulfonamides is 1. The van der Waals surface area contributed by atoms with Crippen LogP contribution in [0, 0.1) is 23.2 Å². The van der Waals surface area contributed by atoms with Crippen molar-refractivity contribution < 1.29 is 13.2 Å². The molecule has 0 aliphatic heterocycles. The van der Waals surface area contributed by atoms with E-state index in [1.54, 1.807) is 12.1 Å². The van der Waals surface area contributed by atoms with Gasteiger partial charge >= 0.3 is 0 Å². The van der Waals surface area contributed by atoms with Gasteiger partial charge in [0.25, 0.3) is 0 Å². The molecule has 174 valence electrons. The molecule has 0 spiro atoms. The zero-order valence-corrected chi connectivity index (χ0v) is 20.1. The van der Waals surface area contributed by atoms with Crippen molar-refractivity contribution >= 4 is 38.9 Å². The highest BCUT2D eigenvalue weighted by Crippen LogP contribution is 2.60. The van der Waals surface area contributed by atoms with Crippen LogP contribution in [0.2, 0.25) is 0 Å². The van der Waals surface area contributed by atoms with Crippen molar-refractivity contribution in [3.63, 3.8) is 0 Å². The minimum absolute atomic E-state index is 0.0448. The molecule has 6 rings (SSSR count). The van der Waals surface area contributed by atoms with E-state index in [0.717, 1.165) is 24.8 Å². The molecule has 0 radical (unpaired) electrons. The Balaban J connectivity index is 1.17. The van der Waals surface area contributed by atoms with Crippen LogP contribution in [0.25, 0.3) is 0 Å². The molecule has 33 heavy (non-hydrogen) atoms. The number of rotatable bonds is 6. The molecule has 0 unspecified atom stereocenters. The molecule has 2 aromatic carbocycles. The maximum absolute atomic E-state index is 13.1. The van der Waals surface area contributed by atoms with Gasteiger partial charge in [0.05, 0.1) is 10.3 Å². The normalized spacial score (nSPS) is 27.8. The predicted octanol–water partition coefficient (Wildman–Crippen LogP) is 4.19. The highest BCUT2D eigenvalue weighted by atomic mass is 32.2. The van der Waals surface area contributed by atoms with Gasteiger partial charge in [0, 0.05) is 12.2 Å². The molecule has 0 saturated heterocycles. The first-order chi connectivity index (χ1) is 15.8. The summed E-state index contributed by atoms with van der Waals surface area (Å²) in [6, 6.07) is 15.7. The summed E-state index contributed by atoms with van der Waals surface area (Å²) in [6.07, 6.45) is 6.79. The maximum Gasteiger partial charge on any atom is 0.240 e. The van der Waals surface area contributed by atoms with Crippen LogP contribution < -0.4 is 15.4 Å². The summed E-state index contributed by atoms with van der Waals surface area (Å²) in [6.45, 7) is 0.226. The fraction of sp³-hybridized carbons (Fsp3) is 0.440. The van der Waals surface area contributed by atoms with Crippen LogP contribution in [0.4, 0.5) is 5.69 Å². The van der Waals surface area contributed by atoms with Crippen molar-refractivity contribution in [3.05, 3.63) is 60.2 Å². The Morgan fingerprint density at radius 2 is 1.48 bits per heavy atom. The van der Waals surface area contributed by atoms with Crippen LogP contribution >= 0.6 is 12.2 Å². The van der Waals surface area contributed by atoms with E-state index >= 15 is 0 Å². The number of hydrogen-bond acceptors (Lipinski definition) is 4. The number of thiocarbonyl (C=S) groups is 1. The fourth-order valence-electron chi connectivity index (χ4n) is 6.36. The lowest BCUT2D eigenvalue weighted by Gasteiger charge is -2.55. The molecule has 0 aromatic heterocycles. The summed E-state index contributed by atoms with van der Waals surface area (Å²) < 4.78 is 27.8. The average Bonchev–Trinajstić information content (AvgIpc) is 2.78. The maximum atomic E-state index is 13.1. The number of carbonyl (C=O) groups is 1. The molecular formula is C25H29N3O3S2. The Kier molecular flexibility index (Phi) is 6.01. The lowest BCUT2D eigenvalue weighted by Crippen LogP contribution is -2.55. The molecule has 4 bridgehead atoms. The van der Waals surface area contributed by atoms with Crippen molar-refractivity contribution in [1.82, 2.24) is 10.0 Å². The Morgan fingerprint density at radius 1 is 0.909 bits per heavy atom. The summed E-state index contributed by atoms with van der Waals surface area (Å²) in [5, 5.41) is 6.20. The van der Waals surface area contributed by atoms with E-state index in [9.17, 15) is 13.2 Å². The molecule has 4 aliphatic carbocycles. The summed E-state index contributed by atoms with van der Waals surface area (Å²) in [5.74, 6) is 2.11. The number of carbonyl (C=O) groups excluding carboxylic acids is 1. The van der Waals surface area contributed by atoms with Crippen LogP contribution in [0.1, 0.15) is 44.1 Å². The van der Waals surface area contributed by atoms with Gasteiger partial charge in [0.15, 0.2) is 5.11 Å². The molecule has 3 N–H and O–H groups in total. The highest BCUT2D eigenvalue weighted by Gasteiger charge is 2.54. The average molecular weight is 484 g/mol. The first-order valence-electron chi connectivity index (χ1n) is 11.6. The van der Waals surface area contributed by atoms with Crippen molar-refractivity contribution in [2.45, 2.75) is 50.0 Å². The van der Waals surface area contributed by atoms with E-state index in [-0.39, 0.29) is 27.9 Å². The molecule has 6 nitrogen and oxygen atoms in total. The van der Waals surface area contributed by atoms with Crippen molar-refractivity contribution in [2.75, 3.05) is 5.32 Å². The van der Waals surface area contributed by atoms with E-state index in [0.29, 0.717) is 23.4 Å². The minimum atomic E-state index is -3.63. The lowest BCUT2D eigenvalue weighted by molar-refractivity contribution is -0.144. The van der Waals surface area contributed by atoms with Gasteiger partial charge in [0.2, 0.25) is 15.9 Å². The molecule has 4 fully saturated rings. The van der Waals surface area contributed by atoms with Gasteiger partial charge in [-0.2, -0.15) is 0 Å². The SMILES string of the molecule is O=C(NC(=S)Nc1ccc(S(=O)(=O)NCc2ccccc2)cc1)C12CC3CC(CC(C3)C1)C2. The number of anilines is 1. The second-order valence-electron chi connectivity index (χ2n) is 9.94. The Hall–Kier alpha value is -2.29. The zero-order chi connectivity index (χ0) is 23.1. The topological polar surface area (TPSA) is 87.3 Å². The van der Waals surface area contributed by atoms with Crippen molar-refractivity contribution in [1.29, 1.82) is 0 Å². The second kappa shape index (κ2) is 8.81. The third kappa shape index (κ3) is 4.83. The van der Waals surface area contributed by atoms with E-state index in [4.69, 9.17) is 12.2 Å². The predicted molar refractivity (Wildman–Crippen MR) is 132 cm³/mol. The van der Waals surface area contributed by atoms with Crippen LogP contribution in [-0.2, 0) is 21.4 Å². The van der Waals surface area contributed by atoms with E-state index in [2.05, 4.69) is 15.4 Å².